The maximum Gasteiger partial charge on any atom is 0.418 e. The number of anilines is 1. The van der Waals surface area contributed by atoms with Crippen LogP contribution in [0.3, 0.4) is 0 Å². The highest BCUT2D eigenvalue weighted by Gasteiger charge is 2.33. The second kappa shape index (κ2) is 6.37. The predicted molar refractivity (Wildman–Crippen MR) is 73.0 cm³/mol. The second-order valence-corrected chi connectivity index (χ2v) is 5.48. The van der Waals surface area contributed by atoms with E-state index in [0.29, 0.717) is 19.4 Å². The lowest BCUT2D eigenvalue weighted by Gasteiger charge is -2.27. The van der Waals surface area contributed by atoms with Crippen LogP contribution in [0.15, 0.2) is 24.3 Å². The molecule has 21 heavy (non-hydrogen) atoms. The van der Waals surface area contributed by atoms with Crippen molar-refractivity contribution in [2.45, 2.75) is 31.9 Å². The van der Waals surface area contributed by atoms with Crippen molar-refractivity contribution in [1.82, 2.24) is 0 Å². The monoisotopic (exact) mass is 301 g/mol. The van der Waals surface area contributed by atoms with Gasteiger partial charge in [0.05, 0.1) is 11.5 Å². The van der Waals surface area contributed by atoms with Crippen molar-refractivity contribution in [1.29, 1.82) is 0 Å². The Morgan fingerprint density at radius 2 is 1.81 bits per heavy atom. The van der Waals surface area contributed by atoms with Gasteiger partial charge in [-0.2, -0.15) is 13.2 Å². The van der Waals surface area contributed by atoms with Gasteiger partial charge in [-0.1, -0.05) is 12.1 Å². The quantitative estimate of drug-likeness (QED) is 0.883. The predicted octanol–water partition coefficient (Wildman–Crippen LogP) is 4.01. The number of carboxylic acid groups (broad SMARTS) is 1. The standard InChI is InChI=1S/C15H18F3NO2/c16-15(17,18)12-3-1-2-4-13(12)19-9-10-5-7-11(8-6-10)14(20)21/h1-4,10-11,19H,5-9H2,(H,20,21). The third-order valence-electron chi connectivity index (χ3n) is 4.01. The highest BCUT2D eigenvalue weighted by Crippen LogP contribution is 2.35. The Bertz CT molecular complexity index is 494. The molecule has 0 aromatic heterocycles. The van der Waals surface area contributed by atoms with E-state index in [1.165, 1.54) is 12.1 Å². The van der Waals surface area contributed by atoms with Gasteiger partial charge in [-0.05, 0) is 43.7 Å². The zero-order chi connectivity index (χ0) is 15.5. The normalized spacial score (nSPS) is 22.8. The van der Waals surface area contributed by atoms with Gasteiger partial charge in [-0.25, -0.2) is 0 Å². The van der Waals surface area contributed by atoms with E-state index >= 15 is 0 Å². The third-order valence-corrected chi connectivity index (χ3v) is 4.01. The van der Waals surface area contributed by atoms with Crippen LogP contribution in [-0.2, 0) is 11.0 Å². The highest BCUT2D eigenvalue weighted by molar-refractivity contribution is 5.70. The van der Waals surface area contributed by atoms with Crippen LogP contribution in [0.1, 0.15) is 31.2 Å². The summed E-state index contributed by atoms with van der Waals surface area (Å²) in [5.74, 6) is -0.852. The summed E-state index contributed by atoms with van der Waals surface area (Å²) in [6, 6.07) is 5.42. The fourth-order valence-electron chi connectivity index (χ4n) is 2.75. The molecule has 6 heteroatoms. The summed E-state index contributed by atoms with van der Waals surface area (Å²) in [5, 5.41) is 11.8. The third kappa shape index (κ3) is 4.12. The van der Waals surface area contributed by atoms with Gasteiger partial charge in [0.15, 0.2) is 0 Å². The molecule has 0 bridgehead atoms. The molecule has 0 aliphatic heterocycles. The van der Waals surface area contributed by atoms with Crippen LogP contribution < -0.4 is 5.32 Å². The average Bonchev–Trinajstić information content (AvgIpc) is 2.45. The fourth-order valence-corrected chi connectivity index (χ4v) is 2.75. The van der Waals surface area contributed by atoms with Crippen molar-refractivity contribution < 1.29 is 23.1 Å². The maximum absolute atomic E-state index is 12.8. The van der Waals surface area contributed by atoms with Gasteiger partial charge < -0.3 is 10.4 Å². The lowest BCUT2D eigenvalue weighted by atomic mass is 9.82. The van der Waals surface area contributed by atoms with Crippen LogP contribution in [0.4, 0.5) is 18.9 Å². The van der Waals surface area contributed by atoms with Crippen LogP contribution in [0.5, 0.6) is 0 Å². The molecule has 1 saturated carbocycles. The maximum atomic E-state index is 12.8. The van der Waals surface area contributed by atoms with Gasteiger partial charge in [0.25, 0.3) is 0 Å². The number of benzene rings is 1. The Hall–Kier alpha value is -1.72. The molecule has 2 N–H and O–H groups in total. The molecule has 0 atom stereocenters. The number of hydrogen-bond acceptors (Lipinski definition) is 2. The molecule has 0 heterocycles. The molecular formula is C15H18F3NO2. The lowest BCUT2D eigenvalue weighted by Crippen LogP contribution is -2.25. The Morgan fingerprint density at radius 1 is 1.19 bits per heavy atom. The van der Waals surface area contributed by atoms with Gasteiger partial charge in [-0.15, -0.1) is 0 Å². The summed E-state index contributed by atoms with van der Waals surface area (Å²) in [6.07, 6.45) is -1.70. The largest absolute Gasteiger partial charge is 0.481 e. The van der Waals surface area contributed by atoms with Crippen LogP contribution in [0.2, 0.25) is 0 Å². The summed E-state index contributed by atoms with van der Waals surface area (Å²) in [6.45, 7) is 0.444. The molecule has 0 radical (unpaired) electrons. The molecule has 1 aromatic rings. The van der Waals surface area contributed by atoms with E-state index in [9.17, 15) is 18.0 Å². The van der Waals surface area contributed by atoms with Gasteiger partial charge in [0, 0.05) is 12.2 Å². The number of rotatable bonds is 4. The fraction of sp³-hybridized carbons (Fsp3) is 0.533. The van der Waals surface area contributed by atoms with E-state index in [0.717, 1.165) is 18.9 Å². The number of carbonyl (C=O) groups is 1. The molecule has 0 saturated heterocycles. The molecule has 1 aromatic carbocycles. The molecule has 1 aliphatic carbocycles. The first kappa shape index (κ1) is 15.7. The topological polar surface area (TPSA) is 49.3 Å². The Balaban J connectivity index is 1.91. The van der Waals surface area contributed by atoms with Crippen molar-refractivity contribution in [3.63, 3.8) is 0 Å². The van der Waals surface area contributed by atoms with Crippen LogP contribution >= 0.6 is 0 Å². The summed E-state index contributed by atoms with van der Waals surface area (Å²) < 4.78 is 38.5. The molecule has 1 aliphatic rings. The molecule has 1 fully saturated rings. The molecule has 3 nitrogen and oxygen atoms in total. The smallest absolute Gasteiger partial charge is 0.418 e. The SMILES string of the molecule is O=C(O)C1CCC(CNc2ccccc2C(F)(F)F)CC1. The minimum absolute atomic E-state index is 0.0883. The Labute approximate surface area is 121 Å². The number of aliphatic carboxylic acids is 1. The number of carboxylic acids is 1. The van der Waals surface area contributed by atoms with E-state index < -0.39 is 17.7 Å². The molecule has 0 spiro atoms. The van der Waals surface area contributed by atoms with Crippen LogP contribution in [0.25, 0.3) is 0 Å². The summed E-state index contributed by atoms with van der Waals surface area (Å²) in [4.78, 5) is 10.9. The van der Waals surface area contributed by atoms with Crippen molar-refractivity contribution in [2.24, 2.45) is 11.8 Å². The van der Waals surface area contributed by atoms with E-state index in [2.05, 4.69) is 5.32 Å². The minimum atomic E-state index is -4.37. The molecule has 0 amide bonds. The Morgan fingerprint density at radius 3 is 2.38 bits per heavy atom. The zero-order valence-electron chi connectivity index (χ0n) is 11.5. The summed E-state index contributed by atoms with van der Waals surface area (Å²) in [5.41, 5.74) is -0.574. The summed E-state index contributed by atoms with van der Waals surface area (Å²) >= 11 is 0. The van der Waals surface area contributed by atoms with E-state index in [4.69, 9.17) is 5.11 Å². The van der Waals surface area contributed by atoms with E-state index in [1.54, 1.807) is 6.07 Å². The lowest BCUT2D eigenvalue weighted by molar-refractivity contribution is -0.143. The molecule has 2 rings (SSSR count). The number of halogens is 3. The summed E-state index contributed by atoms with van der Waals surface area (Å²) in [7, 11) is 0. The molecule has 0 unspecified atom stereocenters. The van der Waals surface area contributed by atoms with E-state index in [-0.39, 0.29) is 17.5 Å². The van der Waals surface area contributed by atoms with Crippen LogP contribution in [-0.4, -0.2) is 17.6 Å². The first-order chi connectivity index (χ1) is 9.88. The van der Waals surface area contributed by atoms with Gasteiger partial charge in [0.2, 0.25) is 0 Å². The van der Waals surface area contributed by atoms with Crippen LogP contribution in [0, 0.1) is 11.8 Å². The average molecular weight is 301 g/mol. The van der Waals surface area contributed by atoms with Crippen molar-refractivity contribution in [3.8, 4) is 0 Å². The number of hydrogen-bond donors (Lipinski definition) is 2. The first-order valence-electron chi connectivity index (χ1n) is 7.01. The number of nitrogens with one attached hydrogen (secondary N) is 1. The van der Waals surface area contributed by atoms with Gasteiger partial charge in [-0.3, -0.25) is 4.79 Å². The van der Waals surface area contributed by atoms with Gasteiger partial charge >= 0.3 is 12.1 Å². The highest BCUT2D eigenvalue weighted by atomic mass is 19.4. The molecule has 116 valence electrons. The number of alkyl halides is 3. The zero-order valence-corrected chi connectivity index (χ0v) is 11.5. The first-order valence-corrected chi connectivity index (χ1v) is 7.01. The van der Waals surface area contributed by atoms with Crippen molar-refractivity contribution in [2.75, 3.05) is 11.9 Å². The van der Waals surface area contributed by atoms with Crippen molar-refractivity contribution in [3.05, 3.63) is 29.8 Å². The minimum Gasteiger partial charge on any atom is -0.481 e. The number of para-hydroxylation sites is 1. The van der Waals surface area contributed by atoms with E-state index in [1.807, 2.05) is 0 Å². The van der Waals surface area contributed by atoms with Gasteiger partial charge in [0.1, 0.15) is 0 Å². The Kier molecular flexibility index (Phi) is 4.75. The second-order valence-electron chi connectivity index (χ2n) is 5.48. The molecular weight excluding hydrogens is 283 g/mol. The van der Waals surface area contributed by atoms with Crippen molar-refractivity contribution >= 4 is 11.7 Å².